The Morgan fingerprint density at radius 2 is 1.79 bits per heavy atom. The highest BCUT2D eigenvalue weighted by molar-refractivity contribution is 9.10. The molecule has 0 amide bonds. The molecule has 19 heavy (non-hydrogen) atoms. The van der Waals surface area contributed by atoms with Crippen LogP contribution in [0.1, 0.15) is 11.1 Å². The van der Waals surface area contributed by atoms with Gasteiger partial charge < -0.3 is 9.47 Å². The molecule has 0 aromatic heterocycles. The monoisotopic (exact) mass is 318 g/mol. The fraction of sp³-hybridized carbons (Fsp3) is 0.125. The van der Waals surface area contributed by atoms with Crippen LogP contribution >= 0.6 is 15.9 Å². The van der Waals surface area contributed by atoms with E-state index in [1.165, 1.54) is 0 Å². The Kier molecular flexibility index (Phi) is 4.63. The summed E-state index contributed by atoms with van der Waals surface area (Å²) in [5.41, 5.74) is 3.14. The van der Waals surface area contributed by atoms with Gasteiger partial charge in [0, 0.05) is 15.6 Å². The summed E-state index contributed by atoms with van der Waals surface area (Å²) in [6, 6.07) is 16.0. The maximum atomic E-state index is 5.29. The molecule has 0 N–H and O–H groups in total. The first-order chi connectivity index (χ1) is 9.26. The maximum Gasteiger partial charge on any atom is 0.119 e. The van der Waals surface area contributed by atoms with Gasteiger partial charge in [0.2, 0.25) is 0 Å². The number of ether oxygens (including phenoxy) is 2. The summed E-state index contributed by atoms with van der Waals surface area (Å²) in [6.45, 7) is 0. The predicted octanol–water partition coefficient (Wildman–Crippen LogP) is 4.49. The van der Waals surface area contributed by atoms with Crippen molar-refractivity contribution >= 4 is 21.5 Å². The summed E-state index contributed by atoms with van der Waals surface area (Å²) in [5, 5.41) is 0. The molecule has 2 rings (SSSR count). The van der Waals surface area contributed by atoms with Gasteiger partial charge in [0.05, 0.1) is 20.5 Å². The summed E-state index contributed by atoms with van der Waals surface area (Å²) >= 11 is 3.58. The van der Waals surface area contributed by atoms with Crippen LogP contribution in [-0.2, 0) is 4.74 Å². The van der Waals surface area contributed by atoms with Crippen molar-refractivity contribution in [2.75, 3.05) is 14.2 Å². The van der Waals surface area contributed by atoms with E-state index in [1.807, 2.05) is 36.4 Å². The molecular weight excluding hydrogens is 304 g/mol. The SMILES string of the molecule is CO/C=C(\c1ccccc1)c1cc(OC)ccc1Br. The lowest BCUT2D eigenvalue weighted by Gasteiger charge is -2.11. The van der Waals surface area contributed by atoms with Gasteiger partial charge in [-0.1, -0.05) is 46.3 Å². The minimum Gasteiger partial charge on any atom is -0.504 e. The molecule has 0 radical (unpaired) electrons. The third kappa shape index (κ3) is 3.18. The van der Waals surface area contributed by atoms with Gasteiger partial charge >= 0.3 is 0 Å². The highest BCUT2D eigenvalue weighted by atomic mass is 79.9. The van der Waals surface area contributed by atoms with E-state index in [1.54, 1.807) is 20.5 Å². The number of benzene rings is 2. The van der Waals surface area contributed by atoms with Crippen LogP contribution in [0.4, 0.5) is 0 Å². The highest BCUT2D eigenvalue weighted by Crippen LogP contribution is 2.32. The lowest BCUT2D eigenvalue weighted by Crippen LogP contribution is -1.92. The number of hydrogen-bond acceptors (Lipinski definition) is 2. The molecule has 0 saturated carbocycles. The van der Waals surface area contributed by atoms with Crippen LogP contribution in [-0.4, -0.2) is 14.2 Å². The second kappa shape index (κ2) is 6.43. The van der Waals surface area contributed by atoms with Gasteiger partial charge in [-0.2, -0.15) is 0 Å². The van der Waals surface area contributed by atoms with Crippen molar-refractivity contribution in [1.29, 1.82) is 0 Å². The average molecular weight is 319 g/mol. The van der Waals surface area contributed by atoms with Crippen molar-refractivity contribution in [3.05, 3.63) is 70.4 Å². The van der Waals surface area contributed by atoms with Crippen LogP contribution in [0.3, 0.4) is 0 Å². The Bertz CT molecular complexity index is 577. The summed E-state index contributed by atoms with van der Waals surface area (Å²) < 4.78 is 11.5. The van der Waals surface area contributed by atoms with E-state index >= 15 is 0 Å². The fourth-order valence-electron chi connectivity index (χ4n) is 1.86. The van der Waals surface area contributed by atoms with Gasteiger partial charge in [-0.3, -0.25) is 0 Å². The van der Waals surface area contributed by atoms with E-state index in [0.29, 0.717) is 0 Å². The third-order valence-corrected chi connectivity index (χ3v) is 3.48. The molecule has 0 fully saturated rings. The number of hydrogen-bond donors (Lipinski definition) is 0. The Balaban J connectivity index is 2.55. The molecule has 0 saturated heterocycles. The number of methoxy groups -OCH3 is 2. The second-order valence-corrected chi connectivity index (χ2v) is 4.83. The summed E-state index contributed by atoms with van der Waals surface area (Å²) in [6.07, 6.45) is 1.74. The van der Waals surface area contributed by atoms with Gasteiger partial charge in [-0.25, -0.2) is 0 Å². The van der Waals surface area contributed by atoms with Crippen molar-refractivity contribution in [1.82, 2.24) is 0 Å². The Labute approximate surface area is 121 Å². The van der Waals surface area contributed by atoms with Crippen LogP contribution in [0.2, 0.25) is 0 Å². The predicted molar refractivity (Wildman–Crippen MR) is 81.2 cm³/mol. The minimum absolute atomic E-state index is 0.816. The van der Waals surface area contributed by atoms with Crippen molar-refractivity contribution in [3.63, 3.8) is 0 Å². The first kappa shape index (κ1) is 13.7. The zero-order valence-electron chi connectivity index (χ0n) is 10.9. The third-order valence-electron chi connectivity index (χ3n) is 2.78. The van der Waals surface area contributed by atoms with Gasteiger partial charge in [0.25, 0.3) is 0 Å². The van der Waals surface area contributed by atoms with E-state index in [9.17, 15) is 0 Å². The van der Waals surface area contributed by atoms with Crippen molar-refractivity contribution in [2.45, 2.75) is 0 Å². The molecule has 0 spiro atoms. The molecule has 2 aromatic carbocycles. The van der Waals surface area contributed by atoms with Crippen molar-refractivity contribution in [3.8, 4) is 5.75 Å². The Morgan fingerprint density at radius 1 is 1.05 bits per heavy atom. The van der Waals surface area contributed by atoms with E-state index in [-0.39, 0.29) is 0 Å². The molecule has 0 atom stereocenters. The molecule has 0 heterocycles. The first-order valence-corrected chi connectivity index (χ1v) is 6.68. The average Bonchev–Trinajstić information content (AvgIpc) is 2.47. The quantitative estimate of drug-likeness (QED) is 0.773. The Hall–Kier alpha value is -1.74. The van der Waals surface area contributed by atoms with Gasteiger partial charge in [0.1, 0.15) is 5.75 Å². The van der Waals surface area contributed by atoms with E-state index in [4.69, 9.17) is 9.47 Å². The zero-order chi connectivity index (χ0) is 13.7. The van der Waals surface area contributed by atoms with Crippen LogP contribution in [0.5, 0.6) is 5.75 Å². The lowest BCUT2D eigenvalue weighted by molar-refractivity contribution is 0.340. The van der Waals surface area contributed by atoms with Crippen LogP contribution in [0, 0.1) is 0 Å². The normalized spacial score (nSPS) is 11.2. The molecule has 0 aliphatic rings. The lowest BCUT2D eigenvalue weighted by atomic mass is 9.99. The molecule has 0 aliphatic carbocycles. The molecule has 0 aliphatic heterocycles. The summed E-state index contributed by atoms with van der Waals surface area (Å²) in [7, 11) is 3.31. The summed E-state index contributed by atoms with van der Waals surface area (Å²) in [5.74, 6) is 0.816. The number of rotatable bonds is 4. The highest BCUT2D eigenvalue weighted by Gasteiger charge is 2.10. The van der Waals surface area contributed by atoms with Crippen LogP contribution < -0.4 is 4.74 Å². The first-order valence-electron chi connectivity index (χ1n) is 5.88. The second-order valence-electron chi connectivity index (χ2n) is 3.98. The number of halogens is 1. The molecule has 3 heteroatoms. The van der Waals surface area contributed by atoms with Crippen molar-refractivity contribution < 1.29 is 9.47 Å². The summed E-state index contributed by atoms with van der Waals surface area (Å²) in [4.78, 5) is 0. The fourth-order valence-corrected chi connectivity index (χ4v) is 2.32. The maximum absolute atomic E-state index is 5.29. The topological polar surface area (TPSA) is 18.5 Å². The molecule has 98 valence electrons. The van der Waals surface area contributed by atoms with Gasteiger partial charge in [-0.05, 0) is 23.8 Å². The van der Waals surface area contributed by atoms with Gasteiger partial charge in [0.15, 0.2) is 0 Å². The van der Waals surface area contributed by atoms with E-state index in [0.717, 1.165) is 26.9 Å². The van der Waals surface area contributed by atoms with Crippen LogP contribution in [0.15, 0.2) is 59.3 Å². The molecule has 2 aromatic rings. The molecule has 2 nitrogen and oxygen atoms in total. The minimum atomic E-state index is 0.816. The van der Waals surface area contributed by atoms with Crippen molar-refractivity contribution in [2.24, 2.45) is 0 Å². The standard InChI is InChI=1S/C16H15BrO2/c1-18-11-15(12-6-4-3-5-7-12)14-10-13(19-2)8-9-16(14)17/h3-11H,1-2H3/b15-11+. The molecule has 0 bridgehead atoms. The zero-order valence-corrected chi connectivity index (χ0v) is 12.5. The van der Waals surface area contributed by atoms with E-state index < -0.39 is 0 Å². The Morgan fingerprint density at radius 3 is 2.42 bits per heavy atom. The molecule has 0 unspecified atom stereocenters. The largest absolute Gasteiger partial charge is 0.504 e. The van der Waals surface area contributed by atoms with E-state index in [2.05, 4.69) is 28.1 Å². The smallest absolute Gasteiger partial charge is 0.119 e. The van der Waals surface area contributed by atoms with Crippen LogP contribution in [0.25, 0.3) is 5.57 Å². The molecular formula is C16H15BrO2. The van der Waals surface area contributed by atoms with Gasteiger partial charge in [-0.15, -0.1) is 0 Å².